The molecule has 22 heavy (non-hydrogen) atoms. The molecule has 1 N–H and O–H groups in total. The van der Waals surface area contributed by atoms with Crippen molar-refractivity contribution in [3.8, 4) is 0 Å². The number of carbonyl (C=O) groups is 1. The SMILES string of the molecule is O=C(c1ccc[nH]c1=O)N(Cc1cccs1)C[C@@H]1CCCO1. The molecule has 0 bridgehead atoms. The molecule has 0 aliphatic carbocycles. The van der Waals surface area contributed by atoms with Crippen LogP contribution in [0.2, 0.25) is 0 Å². The summed E-state index contributed by atoms with van der Waals surface area (Å²) in [5, 5.41) is 1.99. The molecule has 2 aromatic rings. The van der Waals surface area contributed by atoms with E-state index < -0.39 is 0 Å². The van der Waals surface area contributed by atoms with Gasteiger partial charge in [-0.1, -0.05) is 6.07 Å². The number of rotatable bonds is 5. The first kappa shape index (κ1) is 15.0. The second kappa shape index (κ2) is 6.89. The third kappa shape index (κ3) is 3.45. The molecule has 0 saturated carbocycles. The molecule has 1 amide bonds. The molecule has 1 fully saturated rings. The smallest absolute Gasteiger partial charge is 0.260 e. The second-order valence-corrected chi connectivity index (χ2v) is 6.35. The van der Waals surface area contributed by atoms with E-state index in [0.29, 0.717) is 13.1 Å². The molecule has 1 atom stereocenters. The summed E-state index contributed by atoms with van der Waals surface area (Å²) in [7, 11) is 0. The summed E-state index contributed by atoms with van der Waals surface area (Å²) in [4.78, 5) is 30.0. The van der Waals surface area contributed by atoms with Crippen molar-refractivity contribution in [1.29, 1.82) is 0 Å². The Balaban J connectivity index is 1.81. The third-order valence-electron chi connectivity index (χ3n) is 3.71. The Morgan fingerprint density at radius 3 is 3.00 bits per heavy atom. The number of ether oxygens (including phenoxy) is 1. The van der Waals surface area contributed by atoms with E-state index >= 15 is 0 Å². The van der Waals surface area contributed by atoms with Crippen molar-refractivity contribution in [1.82, 2.24) is 9.88 Å². The lowest BCUT2D eigenvalue weighted by molar-refractivity contribution is 0.0508. The van der Waals surface area contributed by atoms with Crippen molar-refractivity contribution >= 4 is 17.2 Å². The maximum absolute atomic E-state index is 12.7. The number of thiophene rings is 1. The quantitative estimate of drug-likeness (QED) is 0.920. The first-order valence-electron chi connectivity index (χ1n) is 7.35. The largest absolute Gasteiger partial charge is 0.376 e. The van der Waals surface area contributed by atoms with Gasteiger partial charge in [0.05, 0.1) is 12.6 Å². The van der Waals surface area contributed by atoms with Gasteiger partial charge in [-0.3, -0.25) is 9.59 Å². The van der Waals surface area contributed by atoms with Crippen LogP contribution in [0.5, 0.6) is 0 Å². The number of aromatic amines is 1. The number of aromatic nitrogens is 1. The number of pyridine rings is 1. The number of hydrogen-bond donors (Lipinski definition) is 1. The van der Waals surface area contributed by atoms with E-state index in [1.165, 1.54) is 6.20 Å². The Morgan fingerprint density at radius 2 is 2.32 bits per heavy atom. The van der Waals surface area contributed by atoms with Crippen LogP contribution in [0.15, 0.2) is 40.6 Å². The number of H-pyrrole nitrogens is 1. The minimum absolute atomic E-state index is 0.0618. The van der Waals surface area contributed by atoms with Crippen LogP contribution in [0.4, 0.5) is 0 Å². The normalized spacial score (nSPS) is 17.5. The van der Waals surface area contributed by atoms with Gasteiger partial charge < -0.3 is 14.6 Å². The van der Waals surface area contributed by atoms with Gasteiger partial charge in [-0.2, -0.15) is 0 Å². The molecule has 116 valence electrons. The van der Waals surface area contributed by atoms with E-state index in [1.54, 1.807) is 28.4 Å². The van der Waals surface area contributed by atoms with Gasteiger partial charge in [-0.25, -0.2) is 0 Å². The van der Waals surface area contributed by atoms with Gasteiger partial charge in [-0.15, -0.1) is 11.3 Å². The summed E-state index contributed by atoms with van der Waals surface area (Å²) >= 11 is 1.61. The van der Waals surface area contributed by atoms with Crippen LogP contribution in [-0.4, -0.2) is 35.0 Å². The molecular weight excluding hydrogens is 300 g/mol. The predicted molar refractivity (Wildman–Crippen MR) is 85.1 cm³/mol. The highest BCUT2D eigenvalue weighted by molar-refractivity contribution is 7.09. The fraction of sp³-hybridized carbons (Fsp3) is 0.375. The highest BCUT2D eigenvalue weighted by atomic mass is 32.1. The number of hydrogen-bond acceptors (Lipinski definition) is 4. The maximum atomic E-state index is 12.7. The number of nitrogens with zero attached hydrogens (tertiary/aromatic N) is 1. The summed E-state index contributed by atoms with van der Waals surface area (Å²) < 4.78 is 5.64. The van der Waals surface area contributed by atoms with Crippen molar-refractivity contribution < 1.29 is 9.53 Å². The average Bonchev–Trinajstić information content (AvgIpc) is 3.20. The van der Waals surface area contributed by atoms with E-state index in [-0.39, 0.29) is 23.1 Å². The Morgan fingerprint density at radius 1 is 1.41 bits per heavy atom. The molecule has 5 nitrogen and oxygen atoms in total. The number of carbonyl (C=O) groups excluding carboxylic acids is 1. The molecule has 2 aromatic heterocycles. The molecule has 1 saturated heterocycles. The summed E-state index contributed by atoms with van der Waals surface area (Å²) in [5.41, 5.74) is -0.173. The van der Waals surface area contributed by atoms with Crippen LogP contribution in [0.3, 0.4) is 0 Å². The van der Waals surface area contributed by atoms with Crippen molar-refractivity contribution in [2.24, 2.45) is 0 Å². The molecule has 6 heteroatoms. The highest BCUT2D eigenvalue weighted by Crippen LogP contribution is 2.18. The Hall–Kier alpha value is -1.92. The lowest BCUT2D eigenvalue weighted by Crippen LogP contribution is -2.39. The van der Waals surface area contributed by atoms with Crippen molar-refractivity contribution in [3.05, 3.63) is 56.6 Å². The molecule has 1 aliphatic heterocycles. The topological polar surface area (TPSA) is 62.4 Å². The minimum Gasteiger partial charge on any atom is -0.376 e. The molecule has 3 rings (SSSR count). The van der Waals surface area contributed by atoms with Crippen LogP contribution >= 0.6 is 11.3 Å². The summed E-state index contributed by atoms with van der Waals surface area (Å²) in [6.45, 7) is 1.77. The highest BCUT2D eigenvalue weighted by Gasteiger charge is 2.25. The van der Waals surface area contributed by atoms with Crippen molar-refractivity contribution in [3.63, 3.8) is 0 Å². The third-order valence-corrected chi connectivity index (χ3v) is 4.57. The molecule has 0 aromatic carbocycles. The second-order valence-electron chi connectivity index (χ2n) is 5.31. The molecule has 3 heterocycles. The maximum Gasteiger partial charge on any atom is 0.260 e. The number of nitrogens with one attached hydrogen (secondary N) is 1. The van der Waals surface area contributed by atoms with E-state index in [1.807, 2.05) is 17.5 Å². The molecule has 0 radical (unpaired) electrons. The zero-order valence-corrected chi connectivity index (χ0v) is 13.0. The number of amides is 1. The van der Waals surface area contributed by atoms with Gasteiger partial charge in [0.25, 0.3) is 11.5 Å². The zero-order chi connectivity index (χ0) is 15.4. The van der Waals surface area contributed by atoms with E-state index in [0.717, 1.165) is 24.3 Å². The Bertz CT molecular complexity index is 675. The van der Waals surface area contributed by atoms with Crippen molar-refractivity contribution in [2.75, 3.05) is 13.2 Å². The summed E-state index contributed by atoms with van der Waals surface area (Å²) in [6, 6.07) is 7.20. The van der Waals surface area contributed by atoms with Crippen LogP contribution in [-0.2, 0) is 11.3 Å². The standard InChI is InChI=1S/C16H18N2O3S/c19-15-14(6-1-7-17-15)16(20)18(10-12-4-2-8-21-12)11-13-5-3-9-22-13/h1,3,5-7,9,12H,2,4,8,10-11H2,(H,17,19)/t12-/m0/s1. The lowest BCUT2D eigenvalue weighted by atomic mass is 10.2. The van der Waals surface area contributed by atoms with Gasteiger partial charge in [0, 0.05) is 24.2 Å². The predicted octanol–water partition coefficient (Wildman–Crippen LogP) is 2.26. The monoisotopic (exact) mass is 318 g/mol. The first-order valence-corrected chi connectivity index (χ1v) is 8.23. The van der Waals surface area contributed by atoms with Gasteiger partial charge in [0.15, 0.2) is 0 Å². The van der Waals surface area contributed by atoms with Gasteiger partial charge in [0.2, 0.25) is 0 Å². The van der Waals surface area contributed by atoms with Crippen LogP contribution in [0, 0.1) is 0 Å². The average molecular weight is 318 g/mol. The fourth-order valence-corrected chi connectivity index (χ4v) is 3.32. The van der Waals surface area contributed by atoms with Crippen LogP contribution in [0.1, 0.15) is 28.1 Å². The van der Waals surface area contributed by atoms with Crippen molar-refractivity contribution in [2.45, 2.75) is 25.5 Å². The fourth-order valence-electron chi connectivity index (χ4n) is 2.60. The Labute approximate surface area is 132 Å². The Kier molecular flexibility index (Phi) is 4.70. The molecular formula is C16H18N2O3S. The van der Waals surface area contributed by atoms with Gasteiger partial charge in [-0.05, 0) is 36.4 Å². The van der Waals surface area contributed by atoms with E-state index in [2.05, 4.69) is 4.98 Å². The van der Waals surface area contributed by atoms with E-state index in [9.17, 15) is 9.59 Å². The van der Waals surface area contributed by atoms with Crippen LogP contribution < -0.4 is 5.56 Å². The molecule has 1 aliphatic rings. The minimum atomic E-state index is -0.351. The lowest BCUT2D eigenvalue weighted by Gasteiger charge is -2.24. The van der Waals surface area contributed by atoms with Gasteiger partial charge in [0.1, 0.15) is 5.56 Å². The van der Waals surface area contributed by atoms with Gasteiger partial charge >= 0.3 is 0 Å². The first-order chi connectivity index (χ1) is 10.7. The zero-order valence-electron chi connectivity index (χ0n) is 12.2. The van der Waals surface area contributed by atoms with Crippen LogP contribution in [0.25, 0.3) is 0 Å². The molecule has 0 unspecified atom stereocenters. The summed E-state index contributed by atoms with van der Waals surface area (Å²) in [6.07, 6.45) is 3.58. The summed E-state index contributed by atoms with van der Waals surface area (Å²) in [5.74, 6) is -0.245. The molecule has 0 spiro atoms. The van der Waals surface area contributed by atoms with E-state index in [4.69, 9.17) is 4.74 Å².